The van der Waals surface area contributed by atoms with E-state index in [1.54, 1.807) is 0 Å². The Morgan fingerprint density at radius 1 is 1.00 bits per heavy atom. The molecule has 23 heavy (non-hydrogen) atoms. The molecule has 0 atom stereocenters. The highest BCUT2D eigenvalue weighted by molar-refractivity contribution is 6.00. The Labute approximate surface area is 138 Å². The molecule has 0 aliphatic heterocycles. The third-order valence-electron chi connectivity index (χ3n) is 3.25. The summed E-state index contributed by atoms with van der Waals surface area (Å²) >= 11 is 0. The van der Waals surface area contributed by atoms with E-state index in [1.165, 1.54) is 0 Å². The summed E-state index contributed by atoms with van der Waals surface area (Å²) < 4.78 is 0. The molecule has 0 saturated carbocycles. The number of hydrogen-bond donors (Lipinski definition) is 3. The Kier molecular flexibility index (Phi) is 7.84. The highest BCUT2D eigenvalue weighted by atomic mass is 16.3. The van der Waals surface area contributed by atoms with Crippen LogP contribution < -0.4 is 10.6 Å². The van der Waals surface area contributed by atoms with E-state index in [4.69, 9.17) is 5.11 Å². The van der Waals surface area contributed by atoms with Crippen LogP contribution in [0.25, 0.3) is 0 Å². The van der Waals surface area contributed by atoms with Gasteiger partial charge in [0, 0.05) is 18.0 Å². The van der Waals surface area contributed by atoms with Crippen molar-refractivity contribution in [2.75, 3.05) is 17.2 Å². The van der Waals surface area contributed by atoms with Crippen LogP contribution in [0.1, 0.15) is 30.5 Å². The summed E-state index contributed by atoms with van der Waals surface area (Å²) in [4.78, 5) is 12.0. The standard InChI is InChI=1S/C17H20N2O2.C2H6/c1-12-3-4-13(2)16(11-12)19-17(21)18-15-7-5-14(6-8-15)9-10-20;1-2/h3-8,11,20H,9-10H2,1-2H3,(H2,18,19,21);1-2H3. The molecule has 4 nitrogen and oxygen atoms in total. The van der Waals surface area contributed by atoms with E-state index >= 15 is 0 Å². The van der Waals surface area contributed by atoms with Crippen molar-refractivity contribution in [3.63, 3.8) is 0 Å². The number of carbonyl (C=O) groups excluding carboxylic acids is 1. The van der Waals surface area contributed by atoms with E-state index < -0.39 is 0 Å². The highest BCUT2D eigenvalue weighted by Crippen LogP contribution is 2.17. The molecule has 0 unspecified atom stereocenters. The van der Waals surface area contributed by atoms with Gasteiger partial charge in [0.1, 0.15) is 0 Å². The Morgan fingerprint density at radius 3 is 2.26 bits per heavy atom. The second kappa shape index (κ2) is 9.64. The lowest BCUT2D eigenvalue weighted by Gasteiger charge is -2.11. The summed E-state index contributed by atoms with van der Waals surface area (Å²) in [6.07, 6.45) is 0.620. The summed E-state index contributed by atoms with van der Waals surface area (Å²) in [5.41, 5.74) is 4.69. The molecule has 3 N–H and O–H groups in total. The van der Waals surface area contributed by atoms with Crippen LogP contribution in [-0.2, 0) is 6.42 Å². The molecule has 0 bridgehead atoms. The molecule has 0 spiro atoms. The molecule has 2 aromatic carbocycles. The van der Waals surface area contributed by atoms with Gasteiger partial charge in [-0.1, -0.05) is 38.1 Å². The van der Waals surface area contributed by atoms with E-state index in [2.05, 4.69) is 10.6 Å². The number of hydrogen-bond acceptors (Lipinski definition) is 2. The minimum atomic E-state index is -0.265. The number of aryl methyl sites for hydroxylation is 2. The zero-order chi connectivity index (χ0) is 17.2. The van der Waals surface area contributed by atoms with Crippen molar-refractivity contribution in [3.05, 3.63) is 59.2 Å². The Morgan fingerprint density at radius 2 is 1.65 bits per heavy atom. The van der Waals surface area contributed by atoms with Gasteiger partial charge in [-0.05, 0) is 55.2 Å². The van der Waals surface area contributed by atoms with Crippen molar-refractivity contribution in [2.45, 2.75) is 34.1 Å². The first-order valence-corrected chi connectivity index (χ1v) is 7.93. The smallest absolute Gasteiger partial charge is 0.323 e. The first kappa shape index (κ1) is 18.7. The van der Waals surface area contributed by atoms with Gasteiger partial charge in [0.05, 0.1) is 0 Å². The summed E-state index contributed by atoms with van der Waals surface area (Å²) in [6.45, 7) is 8.07. The number of nitrogens with one attached hydrogen (secondary N) is 2. The van der Waals surface area contributed by atoms with E-state index in [0.29, 0.717) is 6.42 Å². The molecule has 4 heteroatoms. The molecule has 0 aromatic heterocycles. The van der Waals surface area contributed by atoms with E-state index in [-0.39, 0.29) is 12.6 Å². The van der Waals surface area contributed by atoms with Crippen LogP contribution in [0.3, 0.4) is 0 Å². The number of urea groups is 1. The summed E-state index contributed by atoms with van der Waals surface area (Å²) in [6, 6.07) is 13.1. The predicted molar refractivity (Wildman–Crippen MR) is 97.1 cm³/mol. The number of amides is 2. The number of rotatable bonds is 4. The van der Waals surface area contributed by atoms with Crippen LogP contribution in [0.15, 0.2) is 42.5 Å². The van der Waals surface area contributed by atoms with Gasteiger partial charge in [-0.2, -0.15) is 0 Å². The van der Waals surface area contributed by atoms with Crippen molar-refractivity contribution >= 4 is 17.4 Å². The third-order valence-corrected chi connectivity index (χ3v) is 3.25. The molecule has 0 radical (unpaired) electrons. The topological polar surface area (TPSA) is 61.4 Å². The molecule has 0 aliphatic carbocycles. The lowest BCUT2D eigenvalue weighted by atomic mass is 10.1. The Bertz CT molecular complexity index is 622. The molecule has 0 saturated heterocycles. The molecule has 2 rings (SSSR count). The lowest BCUT2D eigenvalue weighted by Crippen LogP contribution is -2.20. The number of benzene rings is 2. The predicted octanol–water partition coefficient (Wildman–Crippen LogP) is 4.51. The van der Waals surface area contributed by atoms with Gasteiger partial charge in [0.25, 0.3) is 0 Å². The fraction of sp³-hybridized carbons (Fsp3) is 0.316. The SMILES string of the molecule is CC.Cc1ccc(C)c(NC(=O)Nc2ccc(CCO)cc2)c1. The third kappa shape index (κ3) is 6.12. The van der Waals surface area contributed by atoms with Gasteiger partial charge in [0.15, 0.2) is 0 Å². The molecular weight excluding hydrogens is 288 g/mol. The van der Waals surface area contributed by atoms with Gasteiger partial charge in [-0.3, -0.25) is 0 Å². The molecule has 0 fully saturated rings. The number of aliphatic hydroxyl groups is 1. The van der Waals surface area contributed by atoms with Crippen LogP contribution in [0.4, 0.5) is 16.2 Å². The molecule has 124 valence electrons. The average Bonchev–Trinajstić information content (AvgIpc) is 2.55. The minimum Gasteiger partial charge on any atom is -0.396 e. The van der Waals surface area contributed by atoms with Crippen molar-refractivity contribution in [1.82, 2.24) is 0 Å². The zero-order valence-corrected chi connectivity index (χ0v) is 14.3. The molecule has 0 aliphatic rings. The van der Waals surface area contributed by atoms with Crippen molar-refractivity contribution in [3.8, 4) is 0 Å². The maximum atomic E-state index is 12.0. The van der Waals surface area contributed by atoms with Gasteiger partial charge in [-0.15, -0.1) is 0 Å². The minimum absolute atomic E-state index is 0.125. The number of anilines is 2. The van der Waals surface area contributed by atoms with Crippen molar-refractivity contribution in [1.29, 1.82) is 0 Å². The van der Waals surface area contributed by atoms with Gasteiger partial charge in [-0.25, -0.2) is 4.79 Å². The van der Waals surface area contributed by atoms with Gasteiger partial charge >= 0.3 is 6.03 Å². The maximum absolute atomic E-state index is 12.0. The largest absolute Gasteiger partial charge is 0.396 e. The van der Waals surface area contributed by atoms with Crippen molar-refractivity contribution < 1.29 is 9.90 Å². The van der Waals surface area contributed by atoms with E-state index in [0.717, 1.165) is 28.1 Å². The Hall–Kier alpha value is -2.33. The summed E-state index contributed by atoms with van der Waals surface area (Å²) in [5, 5.41) is 14.5. The van der Waals surface area contributed by atoms with Gasteiger partial charge in [0.2, 0.25) is 0 Å². The van der Waals surface area contributed by atoms with Crippen LogP contribution in [-0.4, -0.2) is 17.7 Å². The Balaban J connectivity index is 0.00000127. The normalized spacial score (nSPS) is 9.61. The lowest BCUT2D eigenvalue weighted by molar-refractivity contribution is 0.262. The second-order valence-corrected chi connectivity index (χ2v) is 5.07. The van der Waals surface area contributed by atoms with Crippen molar-refractivity contribution in [2.24, 2.45) is 0 Å². The second-order valence-electron chi connectivity index (χ2n) is 5.07. The first-order valence-electron chi connectivity index (χ1n) is 7.93. The van der Waals surface area contributed by atoms with Gasteiger partial charge < -0.3 is 15.7 Å². The first-order chi connectivity index (χ1) is 11.1. The monoisotopic (exact) mass is 314 g/mol. The molecule has 2 amide bonds. The van der Waals surface area contributed by atoms with Crippen LogP contribution in [0.5, 0.6) is 0 Å². The zero-order valence-electron chi connectivity index (χ0n) is 14.3. The maximum Gasteiger partial charge on any atom is 0.323 e. The van der Waals surface area contributed by atoms with E-state index in [9.17, 15) is 4.79 Å². The fourth-order valence-electron chi connectivity index (χ4n) is 2.04. The number of carbonyl (C=O) groups is 1. The quantitative estimate of drug-likeness (QED) is 0.777. The highest BCUT2D eigenvalue weighted by Gasteiger charge is 2.05. The summed E-state index contributed by atoms with van der Waals surface area (Å²) in [7, 11) is 0. The molecule has 0 heterocycles. The van der Waals surface area contributed by atoms with Crippen LogP contribution in [0.2, 0.25) is 0 Å². The van der Waals surface area contributed by atoms with Crippen LogP contribution in [0, 0.1) is 13.8 Å². The average molecular weight is 314 g/mol. The summed E-state index contributed by atoms with van der Waals surface area (Å²) in [5.74, 6) is 0. The fourth-order valence-corrected chi connectivity index (χ4v) is 2.04. The molecular formula is C19H26N2O2. The number of aliphatic hydroxyl groups excluding tert-OH is 1. The van der Waals surface area contributed by atoms with E-state index in [1.807, 2.05) is 70.2 Å². The molecule has 2 aromatic rings. The van der Waals surface area contributed by atoms with Crippen LogP contribution >= 0.6 is 0 Å².